The van der Waals surface area contributed by atoms with E-state index in [1.54, 1.807) is 7.11 Å². The standard InChI is InChI=1S/C22H30O/c1-5-7-9-11-13-15-20-17-19(3)18-21(22(20)23-4)16-14-12-10-8-6-2/h1-2,17-18H,7-16H2,3-4H3. The third-order valence-corrected chi connectivity index (χ3v) is 4.13. The molecule has 0 aliphatic rings. The van der Waals surface area contributed by atoms with E-state index in [4.69, 9.17) is 17.6 Å². The van der Waals surface area contributed by atoms with Gasteiger partial charge in [-0.2, -0.15) is 0 Å². The number of methoxy groups -OCH3 is 1. The minimum atomic E-state index is 0.883. The van der Waals surface area contributed by atoms with E-state index in [-0.39, 0.29) is 0 Å². The van der Waals surface area contributed by atoms with Gasteiger partial charge in [-0.25, -0.2) is 0 Å². The first kappa shape index (κ1) is 19.2. The van der Waals surface area contributed by atoms with Crippen LogP contribution in [0, 0.1) is 31.6 Å². The van der Waals surface area contributed by atoms with Crippen molar-refractivity contribution >= 4 is 0 Å². The van der Waals surface area contributed by atoms with E-state index in [0.717, 1.165) is 44.3 Å². The van der Waals surface area contributed by atoms with Gasteiger partial charge in [-0.3, -0.25) is 0 Å². The van der Waals surface area contributed by atoms with Crippen molar-refractivity contribution in [1.82, 2.24) is 0 Å². The van der Waals surface area contributed by atoms with E-state index in [1.165, 1.54) is 42.4 Å². The fraction of sp³-hybridized carbons (Fsp3) is 0.545. The molecule has 124 valence electrons. The molecule has 0 fully saturated rings. The lowest BCUT2D eigenvalue weighted by Crippen LogP contribution is -2.00. The van der Waals surface area contributed by atoms with E-state index >= 15 is 0 Å². The molecule has 0 saturated carbocycles. The van der Waals surface area contributed by atoms with E-state index in [9.17, 15) is 0 Å². The highest BCUT2D eigenvalue weighted by atomic mass is 16.5. The molecule has 1 nitrogen and oxygen atoms in total. The average Bonchev–Trinajstić information content (AvgIpc) is 2.54. The number of unbranched alkanes of at least 4 members (excludes halogenated alkanes) is 6. The summed E-state index contributed by atoms with van der Waals surface area (Å²) in [5.74, 6) is 6.50. The van der Waals surface area contributed by atoms with Gasteiger partial charge in [0.2, 0.25) is 0 Å². The van der Waals surface area contributed by atoms with Crippen LogP contribution in [0.15, 0.2) is 12.1 Å². The number of aryl methyl sites for hydroxylation is 3. The molecule has 0 heterocycles. The van der Waals surface area contributed by atoms with Gasteiger partial charge < -0.3 is 4.74 Å². The van der Waals surface area contributed by atoms with Gasteiger partial charge in [0.1, 0.15) is 5.75 Å². The number of benzene rings is 1. The summed E-state index contributed by atoms with van der Waals surface area (Å²) in [6, 6.07) is 4.53. The summed E-state index contributed by atoms with van der Waals surface area (Å²) in [6.45, 7) is 2.17. The number of hydrogen-bond acceptors (Lipinski definition) is 1. The zero-order chi connectivity index (χ0) is 16.9. The molecule has 1 aromatic rings. The molecule has 0 aliphatic heterocycles. The molecular weight excluding hydrogens is 280 g/mol. The lowest BCUT2D eigenvalue weighted by atomic mass is 9.96. The molecule has 1 aromatic carbocycles. The van der Waals surface area contributed by atoms with Crippen LogP contribution >= 0.6 is 0 Å². The first-order valence-corrected chi connectivity index (χ1v) is 8.76. The van der Waals surface area contributed by atoms with Crippen molar-refractivity contribution in [2.24, 2.45) is 0 Å². The number of rotatable bonds is 11. The Morgan fingerprint density at radius 2 is 1.30 bits per heavy atom. The summed E-state index contributed by atoms with van der Waals surface area (Å²) in [7, 11) is 1.79. The number of ether oxygens (including phenoxy) is 1. The molecule has 0 bridgehead atoms. The average molecular weight is 310 g/mol. The summed E-state index contributed by atoms with van der Waals surface area (Å²) < 4.78 is 5.72. The molecular formula is C22H30O. The SMILES string of the molecule is C#CCCCCCc1cc(C)cc(CCCCCC#C)c1OC. The topological polar surface area (TPSA) is 9.23 Å². The summed E-state index contributed by atoms with van der Waals surface area (Å²) in [5.41, 5.74) is 4.00. The third-order valence-electron chi connectivity index (χ3n) is 4.13. The summed E-state index contributed by atoms with van der Waals surface area (Å²) in [5, 5.41) is 0. The van der Waals surface area contributed by atoms with E-state index in [2.05, 4.69) is 30.9 Å². The van der Waals surface area contributed by atoms with Crippen LogP contribution in [0.4, 0.5) is 0 Å². The lowest BCUT2D eigenvalue weighted by molar-refractivity contribution is 0.402. The molecule has 1 rings (SSSR count). The molecule has 0 aliphatic carbocycles. The van der Waals surface area contributed by atoms with Crippen LogP contribution in [0.3, 0.4) is 0 Å². The normalized spacial score (nSPS) is 10.1. The fourth-order valence-corrected chi connectivity index (χ4v) is 3.00. The highest BCUT2D eigenvalue weighted by Gasteiger charge is 2.10. The molecule has 0 atom stereocenters. The van der Waals surface area contributed by atoms with Gasteiger partial charge in [-0.05, 0) is 56.6 Å². The van der Waals surface area contributed by atoms with Crippen molar-refractivity contribution in [2.75, 3.05) is 7.11 Å². The third kappa shape index (κ3) is 7.30. The van der Waals surface area contributed by atoms with Gasteiger partial charge in [-0.1, -0.05) is 30.5 Å². The molecule has 0 saturated heterocycles. The van der Waals surface area contributed by atoms with Gasteiger partial charge in [0.15, 0.2) is 0 Å². The second kappa shape index (κ2) is 11.7. The molecule has 0 N–H and O–H groups in total. The van der Waals surface area contributed by atoms with E-state index in [1.807, 2.05) is 0 Å². The second-order valence-electron chi connectivity index (χ2n) is 6.15. The zero-order valence-corrected chi connectivity index (χ0v) is 14.8. The Morgan fingerprint density at radius 1 is 0.826 bits per heavy atom. The van der Waals surface area contributed by atoms with Crippen molar-refractivity contribution in [2.45, 2.75) is 71.1 Å². The van der Waals surface area contributed by atoms with Crippen LogP contribution in [0.2, 0.25) is 0 Å². The van der Waals surface area contributed by atoms with Gasteiger partial charge in [-0.15, -0.1) is 24.7 Å². The Labute approximate surface area is 142 Å². The molecule has 0 radical (unpaired) electrons. The maximum atomic E-state index is 5.72. The Bertz CT molecular complexity index is 497. The Morgan fingerprint density at radius 3 is 1.70 bits per heavy atom. The quantitative estimate of drug-likeness (QED) is 0.389. The van der Waals surface area contributed by atoms with Gasteiger partial charge in [0.25, 0.3) is 0 Å². The van der Waals surface area contributed by atoms with Crippen molar-refractivity contribution < 1.29 is 4.74 Å². The molecule has 1 heteroatoms. The van der Waals surface area contributed by atoms with E-state index in [0.29, 0.717) is 0 Å². The van der Waals surface area contributed by atoms with Crippen LogP contribution in [-0.2, 0) is 12.8 Å². The largest absolute Gasteiger partial charge is 0.496 e. The maximum absolute atomic E-state index is 5.72. The summed E-state index contributed by atoms with van der Waals surface area (Å²) in [6.07, 6.45) is 21.5. The van der Waals surface area contributed by atoms with Gasteiger partial charge >= 0.3 is 0 Å². The first-order chi connectivity index (χ1) is 11.2. The predicted molar refractivity (Wildman–Crippen MR) is 99.7 cm³/mol. The van der Waals surface area contributed by atoms with Crippen LogP contribution in [0.1, 0.15) is 68.1 Å². The molecule has 0 amide bonds. The molecule has 0 aromatic heterocycles. The van der Waals surface area contributed by atoms with Crippen molar-refractivity contribution in [3.8, 4) is 30.4 Å². The second-order valence-corrected chi connectivity index (χ2v) is 6.15. The Kier molecular flexibility index (Phi) is 9.74. The van der Waals surface area contributed by atoms with E-state index < -0.39 is 0 Å². The zero-order valence-electron chi connectivity index (χ0n) is 14.8. The summed E-state index contributed by atoms with van der Waals surface area (Å²) in [4.78, 5) is 0. The summed E-state index contributed by atoms with van der Waals surface area (Å²) >= 11 is 0. The maximum Gasteiger partial charge on any atom is 0.125 e. The van der Waals surface area contributed by atoms with Crippen molar-refractivity contribution in [3.05, 3.63) is 28.8 Å². The molecule has 23 heavy (non-hydrogen) atoms. The van der Waals surface area contributed by atoms with Crippen LogP contribution < -0.4 is 4.74 Å². The Hall–Kier alpha value is -1.86. The monoisotopic (exact) mass is 310 g/mol. The highest BCUT2D eigenvalue weighted by Crippen LogP contribution is 2.29. The smallest absolute Gasteiger partial charge is 0.125 e. The number of hydrogen-bond donors (Lipinski definition) is 0. The van der Waals surface area contributed by atoms with Crippen LogP contribution in [0.25, 0.3) is 0 Å². The predicted octanol–water partition coefficient (Wildman–Crippen LogP) is 5.48. The van der Waals surface area contributed by atoms with Crippen molar-refractivity contribution in [1.29, 1.82) is 0 Å². The fourth-order valence-electron chi connectivity index (χ4n) is 3.00. The van der Waals surface area contributed by atoms with Crippen molar-refractivity contribution in [3.63, 3.8) is 0 Å². The van der Waals surface area contributed by atoms with Gasteiger partial charge in [0.05, 0.1) is 7.11 Å². The van der Waals surface area contributed by atoms with Gasteiger partial charge in [0, 0.05) is 12.8 Å². The minimum Gasteiger partial charge on any atom is -0.496 e. The number of terminal acetylenes is 2. The van der Waals surface area contributed by atoms with Crippen LogP contribution in [0.5, 0.6) is 5.75 Å². The molecule has 0 unspecified atom stereocenters. The highest BCUT2D eigenvalue weighted by molar-refractivity contribution is 5.44. The Balaban J connectivity index is 2.63. The van der Waals surface area contributed by atoms with Crippen LogP contribution in [-0.4, -0.2) is 7.11 Å². The molecule has 0 spiro atoms. The lowest BCUT2D eigenvalue weighted by Gasteiger charge is -2.15. The first-order valence-electron chi connectivity index (χ1n) is 8.76. The minimum absolute atomic E-state index is 0.883.